The average molecular weight is 375 g/mol. The monoisotopic (exact) mass is 375 g/mol. The second kappa shape index (κ2) is 6.24. The summed E-state index contributed by atoms with van der Waals surface area (Å²) in [6, 6.07) is 2.65. The number of nitrogens with zero attached hydrogens (tertiary/aromatic N) is 1. The van der Waals surface area contributed by atoms with Crippen LogP contribution < -0.4 is 9.44 Å². The van der Waals surface area contributed by atoms with E-state index >= 15 is 0 Å². The van der Waals surface area contributed by atoms with Gasteiger partial charge in [0.2, 0.25) is 5.91 Å². The summed E-state index contributed by atoms with van der Waals surface area (Å²) >= 11 is 2.73. The van der Waals surface area contributed by atoms with Crippen molar-refractivity contribution in [2.45, 2.75) is 18.0 Å². The molecule has 1 aromatic rings. The number of rotatable bonds is 6. The highest BCUT2D eigenvalue weighted by atomic mass is 32.2. The third-order valence-corrected chi connectivity index (χ3v) is 6.51. The standard InChI is InChI=1S/C12H13N3O5S3/c16-10-9(11-15(10)8(12(17)18)3-5-22-11)14-23(19,20)13-6-7-2-1-4-21-7/h1-4,9,11,13-14H,5-6H2,(H,17,18)/t9?,11-/m1/s1. The van der Waals surface area contributed by atoms with Crippen molar-refractivity contribution < 1.29 is 23.1 Å². The Morgan fingerprint density at radius 3 is 2.91 bits per heavy atom. The van der Waals surface area contributed by atoms with Gasteiger partial charge in [-0.2, -0.15) is 17.9 Å². The summed E-state index contributed by atoms with van der Waals surface area (Å²) in [5, 5.41) is 10.4. The summed E-state index contributed by atoms with van der Waals surface area (Å²) in [7, 11) is -3.86. The first-order chi connectivity index (χ1) is 10.9. The van der Waals surface area contributed by atoms with Crippen LogP contribution in [0, 0.1) is 0 Å². The number of carbonyl (C=O) groups excluding carboxylic acids is 1. The van der Waals surface area contributed by atoms with Gasteiger partial charge in [-0.15, -0.1) is 23.1 Å². The molecule has 2 atom stereocenters. The minimum atomic E-state index is -3.86. The number of carboxylic acid groups (broad SMARTS) is 1. The van der Waals surface area contributed by atoms with Crippen molar-refractivity contribution in [2.75, 3.05) is 5.75 Å². The van der Waals surface area contributed by atoms with Gasteiger partial charge in [0.05, 0.1) is 0 Å². The molecule has 1 amide bonds. The Morgan fingerprint density at radius 2 is 2.26 bits per heavy atom. The number of β-lactam (4-membered cyclic amide) rings is 1. The lowest BCUT2D eigenvalue weighted by atomic mass is 10.1. The molecular formula is C12H13N3O5S3. The van der Waals surface area contributed by atoms with Crippen LogP contribution in [-0.4, -0.2) is 47.5 Å². The van der Waals surface area contributed by atoms with Gasteiger partial charge in [0.15, 0.2) is 0 Å². The Kier molecular flexibility index (Phi) is 4.47. The van der Waals surface area contributed by atoms with Gasteiger partial charge in [0, 0.05) is 17.2 Å². The van der Waals surface area contributed by atoms with Crippen molar-refractivity contribution in [2.24, 2.45) is 0 Å². The first kappa shape index (κ1) is 16.5. The van der Waals surface area contributed by atoms with Crippen LogP contribution in [0.3, 0.4) is 0 Å². The second-order valence-corrected chi connectivity index (χ2v) is 8.54. The van der Waals surface area contributed by atoms with E-state index < -0.39 is 33.5 Å². The Balaban J connectivity index is 1.64. The fourth-order valence-electron chi connectivity index (χ4n) is 2.30. The third kappa shape index (κ3) is 3.28. The summed E-state index contributed by atoms with van der Waals surface area (Å²) in [4.78, 5) is 25.1. The van der Waals surface area contributed by atoms with Crippen LogP contribution >= 0.6 is 23.1 Å². The fraction of sp³-hybridized carbons (Fsp3) is 0.333. The number of hydrogen-bond donors (Lipinski definition) is 3. The van der Waals surface area contributed by atoms with Crippen molar-refractivity contribution in [3.63, 3.8) is 0 Å². The fourth-order valence-corrected chi connectivity index (χ4v) is 5.31. The van der Waals surface area contributed by atoms with E-state index in [9.17, 15) is 18.0 Å². The molecule has 3 rings (SSSR count). The summed E-state index contributed by atoms with van der Waals surface area (Å²) in [6.07, 6.45) is 1.45. The van der Waals surface area contributed by atoms with Gasteiger partial charge < -0.3 is 5.11 Å². The Labute approximate surface area is 140 Å². The molecule has 8 nitrogen and oxygen atoms in total. The Bertz CT molecular complexity index is 759. The lowest BCUT2D eigenvalue weighted by molar-refractivity contribution is -0.148. The van der Waals surface area contributed by atoms with E-state index in [1.165, 1.54) is 29.2 Å². The first-order valence-corrected chi connectivity index (χ1v) is 9.97. The zero-order chi connectivity index (χ0) is 16.6. The first-order valence-electron chi connectivity index (χ1n) is 6.56. The number of fused-ring (bicyclic) bond motifs is 1. The molecule has 124 valence electrons. The van der Waals surface area contributed by atoms with Crippen LogP contribution in [0.15, 0.2) is 29.3 Å². The number of thioether (sulfide) groups is 1. The molecule has 11 heteroatoms. The van der Waals surface area contributed by atoms with Crippen LogP contribution in [0.5, 0.6) is 0 Å². The number of hydrogen-bond acceptors (Lipinski definition) is 6. The number of carbonyl (C=O) groups is 2. The SMILES string of the molecule is O=C(O)C1=CCS[C@@H]2C(NS(=O)(=O)NCc3cccs3)C(=O)N12. The second-order valence-electron chi connectivity index (χ2n) is 4.83. The van der Waals surface area contributed by atoms with E-state index in [4.69, 9.17) is 5.11 Å². The molecule has 1 fully saturated rings. The molecule has 23 heavy (non-hydrogen) atoms. The maximum absolute atomic E-state index is 12.1. The van der Waals surface area contributed by atoms with E-state index in [-0.39, 0.29) is 12.2 Å². The molecule has 2 aliphatic heterocycles. The normalized spacial score (nSPS) is 23.9. The van der Waals surface area contributed by atoms with Crippen LogP contribution in [0.25, 0.3) is 0 Å². The molecule has 2 aliphatic rings. The molecule has 0 bridgehead atoms. The van der Waals surface area contributed by atoms with E-state index in [1.807, 2.05) is 11.4 Å². The summed E-state index contributed by atoms with van der Waals surface area (Å²) < 4.78 is 28.7. The van der Waals surface area contributed by atoms with Crippen LogP contribution in [0.1, 0.15) is 4.88 Å². The van der Waals surface area contributed by atoms with Crippen molar-refractivity contribution in [3.05, 3.63) is 34.2 Å². The molecule has 3 N–H and O–H groups in total. The number of thiophene rings is 1. The maximum atomic E-state index is 12.1. The number of aliphatic carboxylic acids is 1. The van der Waals surface area contributed by atoms with Gasteiger partial charge in [-0.25, -0.2) is 4.79 Å². The number of amides is 1. The molecule has 3 heterocycles. The van der Waals surface area contributed by atoms with Gasteiger partial charge >= 0.3 is 5.97 Å². The molecule has 1 unspecified atom stereocenters. The minimum absolute atomic E-state index is 0.0965. The number of carboxylic acids is 1. The van der Waals surface area contributed by atoms with Gasteiger partial charge in [-0.3, -0.25) is 9.69 Å². The zero-order valence-corrected chi connectivity index (χ0v) is 14.1. The molecule has 0 radical (unpaired) electrons. The van der Waals surface area contributed by atoms with Crippen molar-refractivity contribution in [3.8, 4) is 0 Å². The van der Waals surface area contributed by atoms with E-state index in [0.29, 0.717) is 5.75 Å². The summed E-state index contributed by atoms with van der Waals surface area (Å²) in [5.41, 5.74) is -0.0965. The summed E-state index contributed by atoms with van der Waals surface area (Å²) in [6.45, 7) is 0.135. The van der Waals surface area contributed by atoms with E-state index in [2.05, 4.69) is 9.44 Å². The van der Waals surface area contributed by atoms with Crippen molar-refractivity contribution in [1.82, 2.24) is 14.3 Å². The highest BCUT2D eigenvalue weighted by Crippen LogP contribution is 2.37. The highest BCUT2D eigenvalue weighted by Gasteiger charge is 2.53. The van der Waals surface area contributed by atoms with E-state index in [0.717, 1.165) is 9.78 Å². The predicted octanol–water partition coefficient (Wildman–Crippen LogP) is -0.0757. The molecule has 0 aromatic carbocycles. The van der Waals surface area contributed by atoms with Gasteiger partial charge in [0.1, 0.15) is 17.1 Å². The predicted molar refractivity (Wildman–Crippen MR) is 85.8 cm³/mol. The molecule has 0 aliphatic carbocycles. The van der Waals surface area contributed by atoms with Gasteiger partial charge in [0.25, 0.3) is 10.2 Å². The summed E-state index contributed by atoms with van der Waals surface area (Å²) in [5.74, 6) is -1.34. The molecule has 0 spiro atoms. The van der Waals surface area contributed by atoms with Crippen LogP contribution in [0.4, 0.5) is 0 Å². The Morgan fingerprint density at radius 1 is 1.48 bits per heavy atom. The largest absolute Gasteiger partial charge is 0.477 e. The molecule has 1 saturated heterocycles. The van der Waals surface area contributed by atoms with Crippen molar-refractivity contribution >= 4 is 45.2 Å². The average Bonchev–Trinajstić information content (AvgIpc) is 3.03. The lowest BCUT2D eigenvalue weighted by Crippen LogP contribution is -2.70. The maximum Gasteiger partial charge on any atom is 0.352 e. The van der Waals surface area contributed by atoms with E-state index in [1.54, 1.807) is 6.07 Å². The van der Waals surface area contributed by atoms with Crippen molar-refractivity contribution in [1.29, 1.82) is 0 Å². The highest BCUT2D eigenvalue weighted by molar-refractivity contribution is 8.00. The molecule has 1 aromatic heterocycles. The quantitative estimate of drug-likeness (QED) is 0.599. The van der Waals surface area contributed by atoms with Crippen LogP contribution in [-0.2, 0) is 26.3 Å². The number of nitrogens with one attached hydrogen (secondary N) is 2. The van der Waals surface area contributed by atoms with Gasteiger partial charge in [-0.1, -0.05) is 6.07 Å². The minimum Gasteiger partial charge on any atom is -0.477 e. The van der Waals surface area contributed by atoms with Crippen LogP contribution in [0.2, 0.25) is 0 Å². The lowest BCUT2D eigenvalue weighted by Gasteiger charge is -2.48. The Hall–Kier alpha value is -1.40. The zero-order valence-electron chi connectivity index (χ0n) is 11.6. The molecule has 0 saturated carbocycles. The smallest absolute Gasteiger partial charge is 0.352 e. The third-order valence-electron chi connectivity index (χ3n) is 3.36. The molecular weight excluding hydrogens is 362 g/mol. The topological polar surface area (TPSA) is 116 Å². The van der Waals surface area contributed by atoms with Gasteiger partial charge in [-0.05, 0) is 17.5 Å².